The molecule has 1 fully saturated rings. The number of carbonyl (C=O) groups is 1. The smallest absolute Gasteiger partial charge is 0.337 e. The van der Waals surface area contributed by atoms with Crippen LogP contribution in [-0.4, -0.2) is 62.7 Å². The highest BCUT2D eigenvalue weighted by atomic mass is 16.6. The molecule has 3 N–H and O–H groups in total. The number of piperidine rings is 1. The topological polar surface area (TPSA) is 90.2 Å². The van der Waals surface area contributed by atoms with Crippen LogP contribution in [0, 0.1) is 0 Å². The van der Waals surface area contributed by atoms with Crippen LogP contribution in [0.3, 0.4) is 0 Å². The summed E-state index contributed by atoms with van der Waals surface area (Å²) in [5.74, 6) is -0.795. The van der Waals surface area contributed by atoms with Crippen molar-refractivity contribution in [3.63, 3.8) is 0 Å². The highest BCUT2D eigenvalue weighted by molar-refractivity contribution is 5.76. The molecular weight excluding hydrogens is 322 g/mol. The number of hydrogen-bond acceptors (Lipinski definition) is 6. The molecule has 6 heteroatoms. The second-order valence-electron chi connectivity index (χ2n) is 7.64. The first-order valence-electron chi connectivity index (χ1n) is 8.69. The molecule has 0 radical (unpaired) electrons. The predicted octanol–water partition coefficient (Wildman–Crippen LogP) is 1.25. The molecule has 0 aromatic heterocycles. The van der Waals surface area contributed by atoms with Crippen molar-refractivity contribution in [1.82, 2.24) is 4.90 Å². The van der Waals surface area contributed by atoms with Gasteiger partial charge in [-0.1, -0.05) is 30.3 Å². The van der Waals surface area contributed by atoms with Gasteiger partial charge < -0.3 is 20.1 Å². The van der Waals surface area contributed by atoms with Gasteiger partial charge in [0.25, 0.3) is 0 Å². The number of ether oxygens (including phenoxy) is 1. The molecule has 1 aromatic rings. The lowest BCUT2D eigenvalue weighted by atomic mass is 9.89. The summed E-state index contributed by atoms with van der Waals surface area (Å²) in [6.45, 7) is 7.56. The van der Waals surface area contributed by atoms with Gasteiger partial charge in [0, 0.05) is 12.6 Å². The maximum absolute atomic E-state index is 12.3. The molecule has 6 nitrogen and oxygen atoms in total. The van der Waals surface area contributed by atoms with E-state index in [1.165, 1.54) is 0 Å². The largest absolute Gasteiger partial charge is 0.458 e. The van der Waals surface area contributed by atoms with Crippen LogP contribution in [0.2, 0.25) is 0 Å². The Morgan fingerprint density at radius 1 is 1.24 bits per heavy atom. The van der Waals surface area contributed by atoms with Crippen LogP contribution in [0.5, 0.6) is 0 Å². The van der Waals surface area contributed by atoms with Crippen molar-refractivity contribution < 1.29 is 24.9 Å². The lowest BCUT2D eigenvalue weighted by molar-refractivity contribution is -0.180. The van der Waals surface area contributed by atoms with Gasteiger partial charge >= 0.3 is 5.97 Å². The maximum Gasteiger partial charge on any atom is 0.337 e. The molecule has 1 unspecified atom stereocenters. The van der Waals surface area contributed by atoms with Crippen molar-refractivity contribution >= 4 is 5.97 Å². The number of likely N-dealkylation sites (tertiary alicyclic amines) is 1. The minimum absolute atomic E-state index is 0.134. The number of esters is 1. The maximum atomic E-state index is 12.3. The first kappa shape index (κ1) is 19.8. The molecule has 1 saturated heterocycles. The normalized spacial score (nSPS) is 27.6. The van der Waals surface area contributed by atoms with Gasteiger partial charge in [-0.2, -0.15) is 0 Å². The highest BCUT2D eigenvalue weighted by Gasteiger charge is 2.45. The molecule has 2 rings (SSSR count). The molecule has 0 spiro atoms. The Bertz CT molecular complexity index is 571. The third-order valence-corrected chi connectivity index (χ3v) is 4.56. The molecule has 1 heterocycles. The number of nitrogens with zero attached hydrogens (tertiary/aromatic N) is 1. The van der Waals surface area contributed by atoms with Gasteiger partial charge in [0.2, 0.25) is 0 Å². The van der Waals surface area contributed by atoms with Gasteiger partial charge in [-0.25, -0.2) is 4.79 Å². The second kappa shape index (κ2) is 7.83. The van der Waals surface area contributed by atoms with Crippen molar-refractivity contribution in [3.8, 4) is 0 Å². The van der Waals surface area contributed by atoms with Crippen LogP contribution >= 0.6 is 0 Å². The molecule has 140 valence electrons. The first-order valence-corrected chi connectivity index (χ1v) is 8.69. The SMILES string of the molecule is C[C@H](c1ccccc1)N1CC[C@@H](O)[C@H](O)C1[C@@H](O)C(=O)OC(C)(C)C. The summed E-state index contributed by atoms with van der Waals surface area (Å²) in [6.07, 6.45) is -3.39. The molecule has 0 saturated carbocycles. The fourth-order valence-electron chi connectivity index (χ4n) is 3.27. The molecule has 1 aliphatic rings. The minimum atomic E-state index is -1.55. The summed E-state index contributed by atoms with van der Waals surface area (Å²) >= 11 is 0. The highest BCUT2D eigenvalue weighted by Crippen LogP contribution is 2.31. The summed E-state index contributed by atoms with van der Waals surface area (Å²) < 4.78 is 5.26. The van der Waals surface area contributed by atoms with Gasteiger partial charge in [0.1, 0.15) is 5.60 Å². The zero-order valence-corrected chi connectivity index (χ0v) is 15.3. The van der Waals surface area contributed by atoms with Crippen molar-refractivity contribution in [1.29, 1.82) is 0 Å². The van der Waals surface area contributed by atoms with Crippen LogP contribution < -0.4 is 0 Å². The first-order chi connectivity index (χ1) is 11.6. The van der Waals surface area contributed by atoms with E-state index < -0.39 is 35.9 Å². The number of rotatable bonds is 4. The third kappa shape index (κ3) is 4.79. The fourth-order valence-corrected chi connectivity index (χ4v) is 3.27. The standard InChI is InChI=1S/C19H29NO5/c1-12(13-8-6-5-7-9-13)20-11-10-14(21)16(22)15(20)17(23)18(24)25-19(2,3)4/h5-9,12,14-17,21-23H,10-11H2,1-4H3/t12-,14-,15?,16+,17-/m1/s1. The second-order valence-corrected chi connectivity index (χ2v) is 7.64. The van der Waals surface area contributed by atoms with E-state index in [0.29, 0.717) is 13.0 Å². The Morgan fingerprint density at radius 2 is 1.84 bits per heavy atom. The third-order valence-electron chi connectivity index (χ3n) is 4.56. The van der Waals surface area contributed by atoms with Crippen molar-refractivity contribution in [2.75, 3.05) is 6.54 Å². The quantitative estimate of drug-likeness (QED) is 0.707. The molecule has 25 heavy (non-hydrogen) atoms. The lowest BCUT2D eigenvalue weighted by Crippen LogP contribution is -2.62. The average Bonchev–Trinajstić information content (AvgIpc) is 2.55. The van der Waals surface area contributed by atoms with Crippen LogP contribution in [0.25, 0.3) is 0 Å². The molecule has 5 atom stereocenters. The monoisotopic (exact) mass is 351 g/mol. The summed E-state index contributed by atoms with van der Waals surface area (Å²) in [5, 5.41) is 31.1. The van der Waals surface area contributed by atoms with Gasteiger partial charge in [0.05, 0.1) is 18.2 Å². The van der Waals surface area contributed by atoms with Crippen molar-refractivity contribution in [3.05, 3.63) is 35.9 Å². The van der Waals surface area contributed by atoms with Gasteiger partial charge in [-0.15, -0.1) is 0 Å². The average molecular weight is 351 g/mol. The molecule has 1 aliphatic heterocycles. The molecule has 0 bridgehead atoms. The zero-order chi connectivity index (χ0) is 18.8. The minimum Gasteiger partial charge on any atom is -0.458 e. The molecule has 1 aromatic carbocycles. The van der Waals surface area contributed by atoms with E-state index >= 15 is 0 Å². The van der Waals surface area contributed by atoms with E-state index in [4.69, 9.17) is 4.74 Å². The van der Waals surface area contributed by atoms with Crippen molar-refractivity contribution in [2.45, 2.75) is 70.1 Å². The van der Waals surface area contributed by atoms with Gasteiger partial charge in [-0.3, -0.25) is 4.90 Å². The van der Waals surface area contributed by atoms with Gasteiger partial charge in [0.15, 0.2) is 6.10 Å². The van der Waals surface area contributed by atoms with E-state index in [1.54, 1.807) is 20.8 Å². The summed E-state index contributed by atoms with van der Waals surface area (Å²) in [6, 6.07) is 8.59. The van der Waals surface area contributed by atoms with Crippen molar-refractivity contribution in [2.24, 2.45) is 0 Å². The van der Waals surface area contributed by atoms with E-state index in [-0.39, 0.29) is 6.04 Å². The summed E-state index contributed by atoms with van der Waals surface area (Å²) in [5.41, 5.74) is 0.263. The Morgan fingerprint density at radius 3 is 2.40 bits per heavy atom. The Labute approximate surface area is 149 Å². The Balaban J connectivity index is 2.26. The van der Waals surface area contributed by atoms with Gasteiger partial charge in [-0.05, 0) is 39.7 Å². The van der Waals surface area contributed by atoms with Crippen LogP contribution in [-0.2, 0) is 9.53 Å². The Kier molecular flexibility index (Phi) is 6.21. The van der Waals surface area contributed by atoms with Crippen LogP contribution in [0.4, 0.5) is 0 Å². The van der Waals surface area contributed by atoms with Crippen LogP contribution in [0.15, 0.2) is 30.3 Å². The number of aliphatic hydroxyl groups excluding tert-OH is 3. The summed E-state index contributed by atoms with van der Waals surface area (Å²) in [4.78, 5) is 14.2. The number of aliphatic hydroxyl groups is 3. The molecular formula is C19H29NO5. The zero-order valence-electron chi connectivity index (χ0n) is 15.3. The lowest BCUT2D eigenvalue weighted by Gasteiger charge is -2.46. The van der Waals surface area contributed by atoms with E-state index in [9.17, 15) is 20.1 Å². The molecule has 0 amide bonds. The van der Waals surface area contributed by atoms with E-state index in [2.05, 4.69) is 0 Å². The fraction of sp³-hybridized carbons (Fsp3) is 0.632. The predicted molar refractivity (Wildman–Crippen MR) is 93.8 cm³/mol. The number of hydrogen-bond donors (Lipinski definition) is 3. The summed E-state index contributed by atoms with van der Waals surface area (Å²) in [7, 11) is 0. The molecule has 0 aliphatic carbocycles. The van der Waals surface area contributed by atoms with E-state index in [1.807, 2.05) is 42.2 Å². The van der Waals surface area contributed by atoms with Crippen LogP contribution in [0.1, 0.15) is 45.7 Å². The van der Waals surface area contributed by atoms with E-state index in [0.717, 1.165) is 5.56 Å². The number of benzene rings is 1. The number of carbonyl (C=O) groups excluding carboxylic acids is 1. The Hall–Kier alpha value is -1.47.